The number of hydrogen-bond donors (Lipinski definition) is 1. The highest BCUT2D eigenvalue weighted by Crippen LogP contribution is 2.19. The molecule has 0 saturated carbocycles. The lowest BCUT2D eigenvalue weighted by Crippen LogP contribution is -2.54. The lowest BCUT2D eigenvalue weighted by molar-refractivity contribution is 0.0452. The Morgan fingerprint density at radius 3 is 2.63 bits per heavy atom. The molecule has 0 radical (unpaired) electrons. The van der Waals surface area contributed by atoms with Crippen LogP contribution in [0.2, 0.25) is 0 Å². The predicted molar refractivity (Wildman–Crippen MR) is 108 cm³/mol. The maximum Gasteiger partial charge on any atom is 0.254 e. The Balaban J connectivity index is 0.00000280. The van der Waals surface area contributed by atoms with E-state index in [0.717, 1.165) is 39.3 Å². The van der Waals surface area contributed by atoms with Gasteiger partial charge >= 0.3 is 0 Å². The van der Waals surface area contributed by atoms with Crippen molar-refractivity contribution in [3.8, 4) is 0 Å². The van der Waals surface area contributed by atoms with Gasteiger partial charge in [0, 0.05) is 51.5 Å². The summed E-state index contributed by atoms with van der Waals surface area (Å²) in [6, 6.07) is 6.80. The van der Waals surface area contributed by atoms with Gasteiger partial charge in [0.05, 0.1) is 12.4 Å². The fourth-order valence-corrected chi connectivity index (χ4v) is 4.33. The first kappa shape index (κ1) is 20.1. The normalized spacial score (nSPS) is 24.1. The number of piperazine rings is 1. The molecule has 1 aromatic carbocycles. The van der Waals surface area contributed by atoms with E-state index in [2.05, 4.69) is 16.5 Å². The molecular weight excluding hydrogens is 366 g/mol. The molecule has 2 aliphatic rings. The van der Waals surface area contributed by atoms with Crippen LogP contribution < -0.4 is 4.72 Å². The maximum absolute atomic E-state index is 12.9. The van der Waals surface area contributed by atoms with Gasteiger partial charge in [0.15, 0.2) is 0 Å². The van der Waals surface area contributed by atoms with Gasteiger partial charge in [-0.2, -0.15) is 0 Å². The Morgan fingerprint density at radius 1 is 1.30 bits per heavy atom. The summed E-state index contributed by atoms with van der Waals surface area (Å²) in [5.74, 6) is 0.623. The highest BCUT2D eigenvalue weighted by atomic mass is 32.2. The van der Waals surface area contributed by atoms with Gasteiger partial charge in [0.2, 0.25) is 10.0 Å². The summed E-state index contributed by atoms with van der Waals surface area (Å²) in [6.45, 7) is 8.87. The lowest BCUT2D eigenvalue weighted by atomic mass is 10.1. The number of ether oxygens (including phenoxy) is 1. The summed E-state index contributed by atoms with van der Waals surface area (Å²) in [6.07, 6.45) is 1.13. The number of carbonyl (C=O) groups is 1. The number of carbonyl (C=O) groups excluding carboxylic acids is 1. The Hall–Kier alpha value is -1.64. The first-order chi connectivity index (χ1) is 12.9. The molecule has 2 aliphatic heterocycles. The van der Waals surface area contributed by atoms with Gasteiger partial charge in [0.25, 0.3) is 5.91 Å². The molecule has 2 heterocycles. The van der Waals surface area contributed by atoms with E-state index in [1.54, 1.807) is 31.2 Å². The predicted octanol–water partition coefficient (Wildman–Crippen LogP) is 1.88. The average molecular weight is 398 g/mol. The number of nitrogens with one attached hydrogen (secondary N) is 1. The average Bonchev–Trinajstić information content (AvgIpc) is 3.15. The fraction of sp³-hybridized carbons (Fsp3) is 0.632. The first-order valence-corrected chi connectivity index (χ1v) is 11.2. The summed E-state index contributed by atoms with van der Waals surface area (Å²) in [4.78, 5) is 17.2. The van der Waals surface area contributed by atoms with Crippen LogP contribution in [-0.4, -0.2) is 75.3 Å². The number of amides is 1. The van der Waals surface area contributed by atoms with Crippen LogP contribution in [0.25, 0.3) is 0 Å². The Kier molecular flexibility index (Phi) is 6.39. The molecular formula is C19H31N3O4S. The van der Waals surface area contributed by atoms with Crippen molar-refractivity contribution < 1.29 is 19.4 Å². The minimum absolute atomic E-state index is 0. The van der Waals surface area contributed by atoms with E-state index < -0.39 is 10.0 Å². The number of benzene rings is 1. The van der Waals surface area contributed by atoms with Crippen molar-refractivity contribution in [3.63, 3.8) is 0 Å². The molecule has 1 N–H and O–H groups in total. The fourth-order valence-electron chi connectivity index (χ4n) is 3.69. The Labute approximate surface area is 163 Å². The molecule has 1 amide bonds. The van der Waals surface area contributed by atoms with Crippen LogP contribution >= 0.6 is 0 Å². The van der Waals surface area contributed by atoms with Gasteiger partial charge in [-0.3, -0.25) is 14.4 Å². The number of anilines is 1. The van der Waals surface area contributed by atoms with Crippen LogP contribution in [0.4, 0.5) is 5.69 Å². The van der Waals surface area contributed by atoms with Crippen molar-refractivity contribution in [3.05, 3.63) is 29.8 Å². The van der Waals surface area contributed by atoms with Gasteiger partial charge in [0.1, 0.15) is 0 Å². The van der Waals surface area contributed by atoms with E-state index in [9.17, 15) is 13.2 Å². The van der Waals surface area contributed by atoms with E-state index in [-0.39, 0.29) is 19.1 Å². The molecule has 2 fully saturated rings. The monoisotopic (exact) mass is 397 g/mol. The largest absolute Gasteiger partial charge is 0.381 e. The number of nitrogens with zero attached hydrogens (tertiary/aromatic N) is 2. The van der Waals surface area contributed by atoms with E-state index in [1.165, 1.54) is 0 Å². The van der Waals surface area contributed by atoms with Crippen molar-refractivity contribution in [1.29, 1.82) is 0 Å². The standard InChI is InChI=1S/C19H29N3O4S.H2/c1-3-27(24,25)20-18-6-4-17(5-7-18)19(23)22-10-9-21(12-15(22)2)13-16-8-11-26-14-16;/h4-7,15-16,20H,3,8-14H2,1-2H3;1H/t15-,16?;/m1./s1. The van der Waals surface area contributed by atoms with Crippen LogP contribution in [0, 0.1) is 5.92 Å². The maximum atomic E-state index is 12.9. The third kappa shape index (κ3) is 5.21. The number of hydrogen-bond acceptors (Lipinski definition) is 5. The van der Waals surface area contributed by atoms with Crippen LogP contribution in [-0.2, 0) is 14.8 Å². The molecule has 2 atom stereocenters. The quantitative estimate of drug-likeness (QED) is 0.793. The van der Waals surface area contributed by atoms with Gasteiger partial charge < -0.3 is 9.64 Å². The molecule has 2 saturated heterocycles. The smallest absolute Gasteiger partial charge is 0.254 e. The van der Waals surface area contributed by atoms with E-state index in [4.69, 9.17) is 4.74 Å². The summed E-state index contributed by atoms with van der Waals surface area (Å²) >= 11 is 0. The summed E-state index contributed by atoms with van der Waals surface area (Å²) < 4.78 is 31.2. The first-order valence-electron chi connectivity index (χ1n) is 9.59. The van der Waals surface area contributed by atoms with Crippen molar-refractivity contribution in [2.75, 3.05) is 49.9 Å². The minimum Gasteiger partial charge on any atom is -0.381 e. The number of sulfonamides is 1. The minimum atomic E-state index is -3.31. The number of rotatable bonds is 6. The Morgan fingerprint density at radius 2 is 2.04 bits per heavy atom. The van der Waals surface area contributed by atoms with E-state index >= 15 is 0 Å². The lowest BCUT2D eigenvalue weighted by Gasteiger charge is -2.40. The highest BCUT2D eigenvalue weighted by Gasteiger charge is 2.30. The Bertz CT molecular complexity index is 751. The molecule has 7 nitrogen and oxygen atoms in total. The van der Waals surface area contributed by atoms with Crippen LogP contribution in [0.1, 0.15) is 32.1 Å². The van der Waals surface area contributed by atoms with Gasteiger partial charge in [-0.05, 0) is 50.5 Å². The van der Waals surface area contributed by atoms with Crippen molar-refractivity contribution >= 4 is 21.6 Å². The zero-order valence-corrected chi connectivity index (χ0v) is 16.9. The van der Waals surface area contributed by atoms with Crippen LogP contribution in [0.3, 0.4) is 0 Å². The molecule has 1 unspecified atom stereocenters. The third-order valence-corrected chi connectivity index (χ3v) is 6.60. The SMILES string of the molecule is CCS(=O)(=O)Nc1ccc(C(=O)N2CCN(CC3CCOC3)C[C@H]2C)cc1.[HH]. The van der Waals surface area contributed by atoms with E-state index in [1.807, 2.05) is 4.90 Å². The molecule has 152 valence electrons. The summed E-state index contributed by atoms with van der Waals surface area (Å²) in [5.41, 5.74) is 1.06. The zero-order chi connectivity index (χ0) is 19.4. The third-order valence-electron chi connectivity index (χ3n) is 5.30. The molecule has 27 heavy (non-hydrogen) atoms. The molecule has 3 rings (SSSR count). The van der Waals surface area contributed by atoms with Gasteiger partial charge in [-0.15, -0.1) is 0 Å². The second-order valence-electron chi connectivity index (χ2n) is 7.42. The van der Waals surface area contributed by atoms with Gasteiger partial charge in [-0.25, -0.2) is 8.42 Å². The van der Waals surface area contributed by atoms with Gasteiger partial charge in [-0.1, -0.05) is 0 Å². The van der Waals surface area contributed by atoms with Crippen molar-refractivity contribution in [2.24, 2.45) is 5.92 Å². The highest BCUT2D eigenvalue weighted by molar-refractivity contribution is 7.92. The molecule has 0 aliphatic carbocycles. The van der Waals surface area contributed by atoms with Crippen LogP contribution in [0.5, 0.6) is 0 Å². The summed E-state index contributed by atoms with van der Waals surface area (Å²) in [7, 11) is -3.31. The van der Waals surface area contributed by atoms with Crippen molar-refractivity contribution in [2.45, 2.75) is 26.3 Å². The second-order valence-corrected chi connectivity index (χ2v) is 9.43. The topological polar surface area (TPSA) is 79.0 Å². The van der Waals surface area contributed by atoms with E-state index in [0.29, 0.717) is 23.7 Å². The summed E-state index contributed by atoms with van der Waals surface area (Å²) in [5, 5.41) is 0. The molecule has 0 bridgehead atoms. The molecule has 0 spiro atoms. The van der Waals surface area contributed by atoms with Crippen LogP contribution in [0.15, 0.2) is 24.3 Å². The second kappa shape index (κ2) is 8.58. The molecule has 8 heteroatoms. The van der Waals surface area contributed by atoms with Crippen molar-refractivity contribution in [1.82, 2.24) is 9.80 Å². The molecule has 0 aromatic heterocycles. The zero-order valence-electron chi connectivity index (χ0n) is 16.1. The molecule has 1 aromatic rings.